The van der Waals surface area contributed by atoms with Crippen LogP contribution in [0.1, 0.15) is 77.7 Å². The lowest BCUT2D eigenvalue weighted by Gasteiger charge is -2.11. The van der Waals surface area contributed by atoms with Gasteiger partial charge in [-0.1, -0.05) is 98.9 Å². The van der Waals surface area contributed by atoms with Crippen molar-refractivity contribution in [2.75, 3.05) is 13.1 Å². The summed E-state index contributed by atoms with van der Waals surface area (Å²) in [7, 11) is 0. The first-order valence-corrected chi connectivity index (χ1v) is 17.2. The number of phenols is 4. The molecule has 0 aliphatic heterocycles. The van der Waals surface area contributed by atoms with Crippen LogP contribution in [0, 0.1) is 13.8 Å². The number of phenolic OH excluding ortho intramolecular Hbond substituents is 4. The Hall–Kier alpha value is -4.44. The van der Waals surface area contributed by atoms with Gasteiger partial charge in [-0.3, -0.25) is 9.79 Å². The Bertz CT molecular complexity index is 1710. The van der Waals surface area contributed by atoms with Gasteiger partial charge >= 0.3 is 0 Å². The van der Waals surface area contributed by atoms with Crippen molar-refractivity contribution in [3.8, 4) is 23.0 Å². The molecule has 0 bridgehead atoms. The lowest BCUT2D eigenvalue weighted by Crippen LogP contribution is -2.11. The Kier molecular flexibility index (Phi) is 17.9. The molecule has 0 aliphatic carbocycles. The van der Waals surface area contributed by atoms with Gasteiger partial charge in [-0.2, -0.15) is 0 Å². The Morgan fingerprint density at radius 1 is 0.653 bits per heavy atom. The number of benzene rings is 4. The van der Waals surface area contributed by atoms with Gasteiger partial charge < -0.3 is 26.2 Å². The van der Waals surface area contributed by atoms with Crippen molar-refractivity contribution in [3.63, 3.8) is 0 Å². The summed E-state index contributed by atoms with van der Waals surface area (Å²) in [5.41, 5.74) is 10.6. The predicted molar refractivity (Wildman–Crippen MR) is 209 cm³/mol. The number of Topliss-reactive ketones (excluding diaryl/α,β-unsaturated/α-hetero) is 1. The quantitative estimate of drug-likeness (QED) is 0.0532. The van der Waals surface area contributed by atoms with E-state index in [1.807, 2.05) is 43.3 Å². The van der Waals surface area contributed by atoms with Crippen LogP contribution in [-0.4, -0.2) is 54.7 Å². The molecule has 6 N–H and O–H groups in total. The molecule has 7 nitrogen and oxygen atoms in total. The van der Waals surface area contributed by atoms with Crippen molar-refractivity contribution in [2.45, 2.75) is 66.2 Å². The van der Waals surface area contributed by atoms with Crippen LogP contribution in [-0.2, 0) is 12.8 Å². The zero-order valence-corrected chi connectivity index (χ0v) is 30.4. The summed E-state index contributed by atoms with van der Waals surface area (Å²) in [6.07, 6.45) is 4.71. The summed E-state index contributed by atoms with van der Waals surface area (Å²) in [5.74, 6) is -0.0616. The van der Waals surface area contributed by atoms with Crippen molar-refractivity contribution >= 4 is 45.7 Å². The summed E-state index contributed by atoms with van der Waals surface area (Å²) in [5, 5.41) is 38.6. The van der Waals surface area contributed by atoms with E-state index in [4.69, 9.17) is 30.2 Å². The molecular formula is C40H48N2O5S2. The average molecular weight is 701 g/mol. The fraction of sp³-hybridized carbons (Fsp3) is 0.300. The van der Waals surface area contributed by atoms with E-state index in [2.05, 4.69) is 29.3 Å². The highest BCUT2D eigenvalue weighted by Gasteiger charge is 2.14. The summed E-state index contributed by atoms with van der Waals surface area (Å²) >= 11 is 10.5. The van der Waals surface area contributed by atoms with Crippen LogP contribution in [0.4, 0.5) is 0 Å². The lowest BCUT2D eigenvalue weighted by molar-refractivity contribution is 0.0985. The minimum atomic E-state index is -0.124. The summed E-state index contributed by atoms with van der Waals surface area (Å²) < 4.78 is 0. The smallest absolute Gasteiger partial charge is 0.166 e. The van der Waals surface area contributed by atoms with Gasteiger partial charge in [0.05, 0.1) is 12.1 Å². The van der Waals surface area contributed by atoms with Crippen molar-refractivity contribution in [2.24, 2.45) is 10.7 Å². The minimum absolute atomic E-state index is 0.00477. The molecule has 0 saturated heterocycles. The van der Waals surface area contributed by atoms with E-state index < -0.39 is 0 Å². The highest BCUT2D eigenvalue weighted by molar-refractivity contribution is 7.80. The highest BCUT2D eigenvalue weighted by atomic mass is 32.1. The SMILES string of the molecule is CCC(=NCC(=S)CCc1ccccc1)c1ccc(O)c(C)c1O.CCC(=O)c1ccc(O)c(C)c1O.NCC(=S)CCc1ccccc1. The first-order chi connectivity index (χ1) is 23.4. The Morgan fingerprint density at radius 3 is 1.55 bits per heavy atom. The van der Waals surface area contributed by atoms with Crippen LogP contribution in [0.5, 0.6) is 23.0 Å². The molecule has 0 aromatic heterocycles. The molecule has 9 heteroatoms. The first-order valence-electron chi connectivity index (χ1n) is 16.3. The number of thiocarbonyl (C=S) groups is 2. The number of nitrogens with two attached hydrogens (primary N) is 1. The van der Waals surface area contributed by atoms with Crippen LogP contribution in [0.3, 0.4) is 0 Å². The number of ketones is 1. The number of carbonyl (C=O) groups is 1. The lowest BCUT2D eigenvalue weighted by atomic mass is 10.0. The molecule has 0 unspecified atom stereocenters. The van der Waals surface area contributed by atoms with Crippen LogP contribution < -0.4 is 5.73 Å². The Morgan fingerprint density at radius 2 is 1.10 bits per heavy atom. The molecule has 4 aromatic rings. The molecule has 4 aromatic carbocycles. The molecule has 0 heterocycles. The molecule has 0 atom stereocenters. The van der Waals surface area contributed by atoms with Crippen LogP contribution in [0.25, 0.3) is 0 Å². The van der Waals surface area contributed by atoms with Crippen LogP contribution in [0.2, 0.25) is 0 Å². The van der Waals surface area contributed by atoms with Gasteiger partial charge in [0.25, 0.3) is 0 Å². The second-order valence-corrected chi connectivity index (χ2v) is 12.5. The molecule has 0 spiro atoms. The number of carbonyl (C=O) groups excluding carboxylic acids is 1. The van der Waals surface area contributed by atoms with E-state index >= 15 is 0 Å². The van der Waals surface area contributed by atoms with Gasteiger partial charge in [-0.05, 0) is 81.3 Å². The molecule has 260 valence electrons. The van der Waals surface area contributed by atoms with Crippen LogP contribution >= 0.6 is 24.4 Å². The highest BCUT2D eigenvalue weighted by Crippen LogP contribution is 2.31. The molecule has 0 amide bonds. The number of hydrogen-bond acceptors (Lipinski definition) is 9. The van der Waals surface area contributed by atoms with E-state index in [0.29, 0.717) is 42.6 Å². The Balaban J connectivity index is 0.000000281. The van der Waals surface area contributed by atoms with Gasteiger partial charge in [0.15, 0.2) is 5.78 Å². The first kappa shape index (κ1) is 40.7. The maximum atomic E-state index is 11.3. The zero-order chi connectivity index (χ0) is 36.3. The third kappa shape index (κ3) is 13.5. The van der Waals surface area contributed by atoms with Crippen molar-refractivity contribution < 1.29 is 25.2 Å². The molecule has 0 saturated carbocycles. The van der Waals surface area contributed by atoms with Gasteiger partial charge in [0.1, 0.15) is 23.0 Å². The molecule has 0 radical (unpaired) electrons. The second-order valence-electron chi connectivity index (χ2n) is 11.4. The van der Waals surface area contributed by atoms with Gasteiger partial charge in [-0.25, -0.2) is 0 Å². The number of hydrogen-bond donors (Lipinski definition) is 5. The maximum absolute atomic E-state index is 11.3. The number of rotatable bonds is 13. The largest absolute Gasteiger partial charge is 0.508 e. The molecular weight excluding hydrogens is 653 g/mol. The standard InChI is InChI=1S/C20H23NO2S.C10H13NS.C10H12O3/c1-3-18(17-11-12-19(22)14(2)20(17)23)21-13-16(24)10-9-15-7-5-4-6-8-15;11-8-10(12)7-6-9-4-2-1-3-5-9;1-3-8(11)7-4-5-9(12)6(2)10(7)13/h4-8,11-12,22-23H,3,9-10,13H2,1-2H3;1-5H,6-8,11H2;4-5,12-13H,3H2,1-2H3. The molecule has 0 fully saturated rings. The average Bonchev–Trinajstić information content (AvgIpc) is 3.13. The van der Waals surface area contributed by atoms with Gasteiger partial charge in [-0.15, -0.1) is 0 Å². The molecule has 0 aliphatic rings. The second kappa shape index (κ2) is 21.5. The summed E-state index contributed by atoms with van der Waals surface area (Å²) in [4.78, 5) is 17.7. The van der Waals surface area contributed by atoms with E-state index in [1.54, 1.807) is 32.9 Å². The third-order valence-electron chi connectivity index (χ3n) is 7.82. The maximum Gasteiger partial charge on any atom is 0.166 e. The van der Waals surface area contributed by atoms with Crippen molar-refractivity contribution in [1.29, 1.82) is 0 Å². The van der Waals surface area contributed by atoms with Gasteiger partial charge in [0, 0.05) is 45.1 Å². The summed E-state index contributed by atoms with van der Waals surface area (Å²) in [6.45, 7) is 7.98. The zero-order valence-electron chi connectivity index (χ0n) is 28.8. The molecule has 4 rings (SSSR count). The van der Waals surface area contributed by atoms with Crippen LogP contribution in [0.15, 0.2) is 89.9 Å². The van der Waals surface area contributed by atoms with E-state index in [0.717, 1.165) is 41.1 Å². The number of aromatic hydroxyl groups is 4. The number of nitrogens with zero attached hydrogens (tertiary/aromatic N) is 1. The van der Waals surface area contributed by atoms with Gasteiger partial charge in [0.2, 0.25) is 0 Å². The summed E-state index contributed by atoms with van der Waals surface area (Å²) in [6, 6.07) is 26.7. The fourth-order valence-corrected chi connectivity index (χ4v) is 4.91. The van der Waals surface area contributed by atoms with E-state index in [1.165, 1.54) is 23.3 Å². The van der Waals surface area contributed by atoms with E-state index in [9.17, 15) is 25.2 Å². The minimum Gasteiger partial charge on any atom is -0.508 e. The Labute approximate surface area is 301 Å². The molecule has 49 heavy (non-hydrogen) atoms. The monoisotopic (exact) mass is 700 g/mol. The van der Waals surface area contributed by atoms with Crippen molar-refractivity contribution in [3.05, 3.63) is 118 Å². The number of aliphatic imine (C=N–C) groups is 1. The fourth-order valence-electron chi connectivity index (χ4n) is 4.64. The normalized spacial score (nSPS) is 10.7. The van der Waals surface area contributed by atoms with E-state index in [-0.39, 0.29) is 34.3 Å². The number of aryl methyl sites for hydroxylation is 2. The third-order valence-corrected chi connectivity index (χ3v) is 8.52. The topological polar surface area (TPSA) is 136 Å². The predicted octanol–water partition coefficient (Wildman–Crippen LogP) is 8.55. The van der Waals surface area contributed by atoms with Crippen molar-refractivity contribution in [1.82, 2.24) is 0 Å².